The molecule has 0 saturated heterocycles. The fourth-order valence-electron chi connectivity index (χ4n) is 3.86. The molecule has 0 aromatic heterocycles. The summed E-state index contributed by atoms with van der Waals surface area (Å²) in [6.45, 7) is 11.5. The SMILES string of the molecule is COc1cccc(C2=C[C@@H](O)[C@H](O[Si](C)(C)C(C)(C)C)C[C@@H]2OCc2ccccc2)c1OC. The fraction of sp³-hybridized carbons (Fsp3) is 0.481. The molecule has 1 aliphatic rings. The third kappa shape index (κ3) is 5.87. The molecule has 1 aliphatic carbocycles. The van der Waals surface area contributed by atoms with Crippen LogP contribution in [0.5, 0.6) is 11.5 Å². The van der Waals surface area contributed by atoms with Crippen molar-refractivity contribution < 1.29 is 23.7 Å². The Morgan fingerprint density at radius 1 is 0.970 bits per heavy atom. The van der Waals surface area contributed by atoms with E-state index in [2.05, 4.69) is 46.0 Å². The van der Waals surface area contributed by atoms with Gasteiger partial charge in [0.05, 0.1) is 39.1 Å². The normalized spacial score (nSPS) is 21.5. The van der Waals surface area contributed by atoms with Gasteiger partial charge in [-0.3, -0.25) is 0 Å². The fourth-order valence-corrected chi connectivity index (χ4v) is 5.20. The van der Waals surface area contributed by atoms with Crippen molar-refractivity contribution in [3.05, 3.63) is 65.7 Å². The number of ether oxygens (including phenoxy) is 3. The van der Waals surface area contributed by atoms with E-state index in [-0.39, 0.29) is 17.2 Å². The van der Waals surface area contributed by atoms with Gasteiger partial charge in [-0.25, -0.2) is 0 Å². The van der Waals surface area contributed by atoms with Crippen LogP contribution in [0, 0.1) is 0 Å². The van der Waals surface area contributed by atoms with Crippen LogP contribution in [-0.2, 0) is 15.8 Å². The van der Waals surface area contributed by atoms with Crippen LogP contribution in [0.15, 0.2) is 54.6 Å². The number of benzene rings is 2. The highest BCUT2D eigenvalue weighted by molar-refractivity contribution is 6.74. The number of aliphatic hydroxyl groups is 1. The first kappa shape index (κ1) is 25.5. The Bertz CT molecular complexity index is 949. The molecule has 33 heavy (non-hydrogen) atoms. The van der Waals surface area contributed by atoms with Gasteiger partial charge in [0.1, 0.15) is 0 Å². The smallest absolute Gasteiger partial charge is 0.192 e. The van der Waals surface area contributed by atoms with Gasteiger partial charge in [0.15, 0.2) is 19.8 Å². The van der Waals surface area contributed by atoms with E-state index in [1.165, 1.54) is 0 Å². The lowest BCUT2D eigenvalue weighted by molar-refractivity contribution is -0.00857. The number of hydrogen-bond acceptors (Lipinski definition) is 5. The molecule has 2 aromatic carbocycles. The summed E-state index contributed by atoms with van der Waals surface area (Å²) in [5, 5.41) is 11.2. The average Bonchev–Trinajstić information content (AvgIpc) is 2.78. The predicted octanol–water partition coefficient (Wildman–Crippen LogP) is 5.83. The molecule has 0 radical (unpaired) electrons. The third-order valence-corrected chi connectivity index (χ3v) is 11.3. The molecular formula is C27H38O5Si. The molecule has 0 heterocycles. The minimum atomic E-state index is -2.07. The van der Waals surface area contributed by atoms with Gasteiger partial charge < -0.3 is 23.7 Å². The second kappa shape index (κ2) is 10.4. The second-order valence-electron chi connectivity index (χ2n) is 10.1. The van der Waals surface area contributed by atoms with Crippen molar-refractivity contribution in [2.75, 3.05) is 14.2 Å². The van der Waals surface area contributed by atoms with Crippen molar-refractivity contribution in [1.29, 1.82) is 0 Å². The maximum absolute atomic E-state index is 11.1. The molecule has 0 fully saturated rings. The number of para-hydroxylation sites is 1. The highest BCUT2D eigenvalue weighted by Crippen LogP contribution is 2.43. The van der Waals surface area contributed by atoms with Crippen molar-refractivity contribution in [3.8, 4) is 11.5 Å². The van der Waals surface area contributed by atoms with Crippen LogP contribution in [-0.4, -0.2) is 46.0 Å². The van der Waals surface area contributed by atoms with Crippen LogP contribution in [0.3, 0.4) is 0 Å². The molecule has 0 spiro atoms. The molecule has 0 unspecified atom stereocenters. The van der Waals surface area contributed by atoms with Crippen LogP contribution in [0.1, 0.15) is 38.3 Å². The van der Waals surface area contributed by atoms with Crippen LogP contribution in [0.25, 0.3) is 5.57 Å². The van der Waals surface area contributed by atoms with Crippen LogP contribution < -0.4 is 9.47 Å². The van der Waals surface area contributed by atoms with E-state index in [4.69, 9.17) is 18.6 Å². The zero-order valence-electron chi connectivity index (χ0n) is 20.9. The lowest BCUT2D eigenvalue weighted by Crippen LogP contribution is -2.49. The second-order valence-corrected chi connectivity index (χ2v) is 14.8. The Balaban J connectivity index is 1.97. The van der Waals surface area contributed by atoms with Crippen molar-refractivity contribution in [3.63, 3.8) is 0 Å². The highest BCUT2D eigenvalue weighted by atomic mass is 28.4. The van der Waals surface area contributed by atoms with Gasteiger partial charge in [0.2, 0.25) is 0 Å². The Labute approximate surface area is 199 Å². The van der Waals surface area contributed by atoms with E-state index >= 15 is 0 Å². The third-order valence-electron chi connectivity index (χ3n) is 6.78. The van der Waals surface area contributed by atoms with Gasteiger partial charge in [-0.1, -0.05) is 63.2 Å². The van der Waals surface area contributed by atoms with Crippen molar-refractivity contribution >= 4 is 13.9 Å². The minimum Gasteiger partial charge on any atom is -0.493 e. The number of rotatable bonds is 8. The molecular weight excluding hydrogens is 432 g/mol. The molecule has 3 rings (SSSR count). The van der Waals surface area contributed by atoms with E-state index in [9.17, 15) is 5.11 Å². The van der Waals surface area contributed by atoms with Crippen LogP contribution in [0.2, 0.25) is 18.1 Å². The molecule has 3 atom stereocenters. The van der Waals surface area contributed by atoms with Crippen molar-refractivity contribution in [2.24, 2.45) is 0 Å². The first-order valence-corrected chi connectivity index (χ1v) is 14.4. The summed E-state index contributed by atoms with van der Waals surface area (Å²) < 4.78 is 24.3. The summed E-state index contributed by atoms with van der Waals surface area (Å²) in [5.41, 5.74) is 2.85. The Morgan fingerprint density at radius 3 is 2.27 bits per heavy atom. The van der Waals surface area contributed by atoms with Gasteiger partial charge in [-0.05, 0) is 41.4 Å². The Kier molecular flexibility index (Phi) is 8.06. The lowest BCUT2D eigenvalue weighted by Gasteiger charge is -2.43. The summed E-state index contributed by atoms with van der Waals surface area (Å²) in [7, 11) is 1.18. The van der Waals surface area contributed by atoms with Crippen LogP contribution >= 0.6 is 0 Å². The zero-order chi connectivity index (χ0) is 24.2. The van der Waals surface area contributed by atoms with E-state index in [0.29, 0.717) is 24.5 Å². The summed E-state index contributed by atoms with van der Waals surface area (Å²) in [5.74, 6) is 1.28. The first-order valence-electron chi connectivity index (χ1n) is 11.5. The lowest BCUT2D eigenvalue weighted by atomic mass is 9.87. The molecule has 2 aromatic rings. The maximum atomic E-state index is 11.1. The quantitative estimate of drug-likeness (QED) is 0.492. The van der Waals surface area contributed by atoms with Gasteiger partial charge >= 0.3 is 0 Å². The predicted molar refractivity (Wildman–Crippen MR) is 135 cm³/mol. The van der Waals surface area contributed by atoms with E-state index < -0.39 is 14.4 Å². The van der Waals surface area contributed by atoms with Gasteiger partial charge in [0.25, 0.3) is 0 Å². The number of aliphatic hydroxyl groups excluding tert-OH is 1. The Hall–Kier alpha value is -2.12. The summed E-state index contributed by atoms with van der Waals surface area (Å²) in [6, 6.07) is 15.9. The Morgan fingerprint density at radius 2 is 1.67 bits per heavy atom. The molecule has 0 aliphatic heterocycles. The number of hydrogen-bond donors (Lipinski definition) is 1. The molecule has 0 saturated carbocycles. The topological polar surface area (TPSA) is 57.2 Å². The summed E-state index contributed by atoms with van der Waals surface area (Å²) in [4.78, 5) is 0. The molecule has 0 bridgehead atoms. The monoisotopic (exact) mass is 470 g/mol. The van der Waals surface area contributed by atoms with Crippen LogP contribution in [0.4, 0.5) is 0 Å². The van der Waals surface area contributed by atoms with E-state index in [1.54, 1.807) is 14.2 Å². The molecule has 5 nitrogen and oxygen atoms in total. The number of methoxy groups -OCH3 is 2. The zero-order valence-corrected chi connectivity index (χ0v) is 21.9. The highest BCUT2D eigenvalue weighted by Gasteiger charge is 2.43. The summed E-state index contributed by atoms with van der Waals surface area (Å²) >= 11 is 0. The molecule has 1 N–H and O–H groups in total. The first-order chi connectivity index (χ1) is 15.6. The van der Waals surface area contributed by atoms with Gasteiger partial charge in [0, 0.05) is 12.0 Å². The van der Waals surface area contributed by atoms with Gasteiger partial charge in [-0.15, -0.1) is 0 Å². The average molecular weight is 471 g/mol. The standard InChI is InChI=1S/C27H38O5Si/c1-27(2,3)33(6,7)32-25-17-24(31-18-19-12-9-8-10-13-19)21(16-22(25)28)20-14-11-15-23(29-4)26(20)30-5/h8-16,22,24-25,28H,17-18H2,1-7H3/t22-,24+,25-/m1/s1. The molecule has 180 valence electrons. The molecule has 0 amide bonds. The maximum Gasteiger partial charge on any atom is 0.192 e. The minimum absolute atomic E-state index is 0.0487. The van der Waals surface area contributed by atoms with E-state index in [0.717, 1.165) is 16.7 Å². The largest absolute Gasteiger partial charge is 0.493 e. The van der Waals surface area contributed by atoms with Crippen molar-refractivity contribution in [2.45, 2.75) is 70.2 Å². The molecule has 6 heteroatoms. The summed E-state index contributed by atoms with van der Waals surface area (Å²) in [6.07, 6.45) is 1.11. The van der Waals surface area contributed by atoms with Crippen molar-refractivity contribution in [1.82, 2.24) is 0 Å². The van der Waals surface area contributed by atoms with Gasteiger partial charge in [-0.2, -0.15) is 0 Å². The van der Waals surface area contributed by atoms with E-state index in [1.807, 2.05) is 42.5 Å².